The Morgan fingerprint density at radius 3 is 2.67 bits per heavy atom. The van der Waals surface area contributed by atoms with Crippen LogP contribution in [0.15, 0.2) is 18.3 Å². The summed E-state index contributed by atoms with van der Waals surface area (Å²) in [4.78, 5) is 23.1. The van der Waals surface area contributed by atoms with Crippen LogP contribution in [0.4, 0.5) is 0 Å². The molecule has 0 saturated carbocycles. The fourth-order valence-corrected chi connectivity index (χ4v) is 2.06. The van der Waals surface area contributed by atoms with E-state index in [9.17, 15) is 9.59 Å². The van der Waals surface area contributed by atoms with Gasteiger partial charge in [0.05, 0.1) is 30.5 Å². The second-order valence-electron chi connectivity index (χ2n) is 5.15. The quantitative estimate of drug-likeness (QED) is 0.764. The highest BCUT2D eigenvalue weighted by atomic mass is 16.5. The Labute approximate surface area is 138 Å². The number of amides is 1. The van der Waals surface area contributed by atoms with Gasteiger partial charge in [0.25, 0.3) is 5.91 Å². The van der Waals surface area contributed by atoms with Crippen molar-refractivity contribution in [3.63, 3.8) is 0 Å². The number of methoxy groups -OCH3 is 1. The van der Waals surface area contributed by atoms with Gasteiger partial charge in [0.2, 0.25) is 5.88 Å². The van der Waals surface area contributed by atoms with Gasteiger partial charge in [-0.15, -0.1) is 10.2 Å². The lowest BCUT2D eigenvalue weighted by Crippen LogP contribution is -2.31. The Morgan fingerprint density at radius 2 is 2.12 bits per heavy atom. The van der Waals surface area contributed by atoms with Gasteiger partial charge in [0, 0.05) is 12.6 Å². The first-order chi connectivity index (χ1) is 11.5. The van der Waals surface area contributed by atoms with Crippen LogP contribution in [0.25, 0.3) is 5.82 Å². The van der Waals surface area contributed by atoms with E-state index < -0.39 is 11.9 Å². The van der Waals surface area contributed by atoms with Crippen LogP contribution in [0.1, 0.15) is 29.9 Å². The molecular formula is C15H19N5O4. The van der Waals surface area contributed by atoms with Gasteiger partial charge in [-0.2, -0.15) is 5.10 Å². The molecule has 1 amide bonds. The number of nitrogens with one attached hydrogen (secondary N) is 1. The van der Waals surface area contributed by atoms with Crippen LogP contribution in [-0.4, -0.2) is 50.6 Å². The van der Waals surface area contributed by atoms with Crippen molar-refractivity contribution in [2.75, 3.05) is 13.7 Å². The summed E-state index contributed by atoms with van der Waals surface area (Å²) in [5.74, 6) is -1.15. The van der Waals surface area contributed by atoms with Gasteiger partial charge in [0.1, 0.15) is 0 Å². The number of ether oxygens (including phenoxy) is 1. The van der Waals surface area contributed by atoms with Crippen molar-refractivity contribution in [3.8, 4) is 11.7 Å². The molecule has 0 radical (unpaired) electrons. The molecule has 2 aromatic heterocycles. The third kappa shape index (κ3) is 3.67. The first kappa shape index (κ1) is 17.4. The highest BCUT2D eigenvalue weighted by Crippen LogP contribution is 2.15. The number of carboxylic acid groups (broad SMARTS) is 1. The largest absolute Gasteiger partial charge is 0.481 e. The normalized spacial score (nSPS) is 11.8. The summed E-state index contributed by atoms with van der Waals surface area (Å²) < 4.78 is 6.49. The van der Waals surface area contributed by atoms with Crippen molar-refractivity contribution in [2.24, 2.45) is 5.92 Å². The summed E-state index contributed by atoms with van der Waals surface area (Å²) in [5, 5.41) is 23.6. The van der Waals surface area contributed by atoms with Crippen LogP contribution >= 0.6 is 0 Å². The van der Waals surface area contributed by atoms with E-state index in [2.05, 4.69) is 20.6 Å². The third-order valence-electron chi connectivity index (χ3n) is 3.49. The predicted molar refractivity (Wildman–Crippen MR) is 84.2 cm³/mol. The molecule has 0 bridgehead atoms. The SMILES string of the molecule is CCc1c(C(=O)NC[C@H](C)C(=O)O)cnn1-c1ccc(OC)nn1. The van der Waals surface area contributed by atoms with Crippen molar-refractivity contribution < 1.29 is 19.4 Å². The van der Waals surface area contributed by atoms with E-state index in [1.165, 1.54) is 24.9 Å². The van der Waals surface area contributed by atoms with Crippen LogP contribution in [0, 0.1) is 5.92 Å². The zero-order chi connectivity index (χ0) is 17.7. The van der Waals surface area contributed by atoms with Gasteiger partial charge >= 0.3 is 5.97 Å². The predicted octanol–water partition coefficient (Wildman–Crippen LogP) is 0.684. The van der Waals surface area contributed by atoms with Crippen molar-refractivity contribution in [2.45, 2.75) is 20.3 Å². The highest BCUT2D eigenvalue weighted by Gasteiger charge is 2.19. The summed E-state index contributed by atoms with van der Waals surface area (Å²) in [6.45, 7) is 3.46. The molecule has 0 aromatic carbocycles. The Morgan fingerprint density at radius 1 is 1.38 bits per heavy atom. The van der Waals surface area contributed by atoms with Crippen LogP contribution in [0.2, 0.25) is 0 Å². The topological polar surface area (TPSA) is 119 Å². The van der Waals surface area contributed by atoms with E-state index in [4.69, 9.17) is 9.84 Å². The molecule has 0 unspecified atom stereocenters. The summed E-state index contributed by atoms with van der Waals surface area (Å²) in [6.07, 6.45) is 1.98. The van der Waals surface area contributed by atoms with Gasteiger partial charge in [-0.25, -0.2) is 4.68 Å². The smallest absolute Gasteiger partial charge is 0.308 e. The molecule has 24 heavy (non-hydrogen) atoms. The van der Waals surface area contributed by atoms with Crippen molar-refractivity contribution in [1.29, 1.82) is 0 Å². The van der Waals surface area contributed by atoms with E-state index in [-0.39, 0.29) is 12.5 Å². The number of carboxylic acids is 1. The molecule has 0 fully saturated rings. The fraction of sp³-hybridized carbons (Fsp3) is 0.400. The van der Waals surface area contributed by atoms with E-state index in [1.807, 2.05) is 6.92 Å². The third-order valence-corrected chi connectivity index (χ3v) is 3.49. The number of hydrogen-bond donors (Lipinski definition) is 2. The molecule has 0 spiro atoms. The van der Waals surface area contributed by atoms with E-state index in [1.54, 1.807) is 12.1 Å². The molecule has 2 heterocycles. The van der Waals surface area contributed by atoms with Crippen LogP contribution in [0.3, 0.4) is 0 Å². The fourth-order valence-electron chi connectivity index (χ4n) is 2.06. The first-order valence-corrected chi connectivity index (χ1v) is 7.43. The number of aromatic nitrogens is 4. The number of aliphatic carboxylic acids is 1. The summed E-state index contributed by atoms with van der Waals surface area (Å²) in [7, 11) is 1.50. The second-order valence-corrected chi connectivity index (χ2v) is 5.15. The van der Waals surface area contributed by atoms with Crippen LogP contribution in [0.5, 0.6) is 5.88 Å². The minimum absolute atomic E-state index is 0.0465. The Kier molecular flexibility index (Phi) is 5.46. The van der Waals surface area contributed by atoms with E-state index in [0.29, 0.717) is 29.4 Å². The monoisotopic (exact) mass is 333 g/mol. The number of carbonyl (C=O) groups excluding carboxylic acids is 1. The molecule has 2 aromatic rings. The van der Waals surface area contributed by atoms with Crippen molar-refractivity contribution in [3.05, 3.63) is 29.6 Å². The minimum atomic E-state index is -0.963. The minimum Gasteiger partial charge on any atom is -0.481 e. The number of carbonyl (C=O) groups is 2. The lowest BCUT2D eigenvalue weighted by atomic mass is 10.1. The summed E-state index contributed by atoms with van der Waals surface area (Å²) in [5.41, 5.74) is 1.04. The molecule has 0 aliphatic heterocycles. The molecule has 9 nitrogen and oxygen atoms in total. The molecule has 128 valence electrons. The second kappa shape index (κ2) is 7.53. The van der Waals surface area contributed by atoms with Crippen LogP contribution < -0.4 is 10.1 Å². The Hall–Kier alpha value is -2.97. The number of rotatable bonds is 7. The summed E-state index contributed by atoms with van der Waals surface area (Å²) in [6, 6.07) is 3.34. The molecule has 0 aliphatic carbocycles. The first-order valence-electron chi connectivity index (χ1n) is 7.43. The van der Waals surface area contributed by atoms with Crippen LogP contribution in [-0.2, 0) is 11.2 Å². The zero-order valence-corrected chi connectivity index (χ0v) is 13.7. The van der Waals surface area contributed by atoms with Gasteiger partial charge in [-0.05, 0) is 12.5 Å². The Balaban J connectivity index is 2.21. The number of nitrogens with zero attached hydrogens (tertiary/aromatic N) is 4. The average molecular weight is 333 g/mol. The lowest BCUT2D eigenvalue weighted by Gasteiger charge is -2.09. The van der Waals surface area contributed by atoms with E-state index >= 15 is 0 Å². The Bertz CT molecular complexity index is 726. The standard InChI is InChI=1S/C15H19N5O4/c1-4-11-10(14(21)16-7-9(2)15(22)23)8-17-20(11)12-5-6-13(24-3)19-18-12/h5-6,8-9H,4,7H2,1-3H3,(H,16,21)(H,22,23)/t9-/m0/s1. The molecule has 2 N–H and O–H groups in total. The van der Waals surface area contributed by atoms with Gasteiger partial charge in [-0.1, -0.05) is 13.8 Å². The molecule has 9 heteroatoms. The van der Waals surface area contributed by atoms with Gasteiger partial charge in [0.15, 0.2) is 5.82 Å². The van der Waals surface area contributed by atoms with Crippen molar-refractivity contribution in [1.82, 2.24) is 25.3 Å². The number of hydrogen-bond acceptors (Lipinski definition) is 6. The molecule has 0 saturated heterocycles. The maximum Gasteiger partial charge on any atom is 0.308 e. The lowest BCUT2D eigenvalue weighted by molar-refractivity contribution is -0.140. The molecule has 1 atom stereocenters. The molecule has 2 rings (SSSR count). The average Bonchev–Trinajstić information content (AvgIpc) is 3.03. The maximum atomic E-state index is 12.3. The van der Waals surface area contributed by atoms with Gasteiger partial charge < -0.3 is 15.2 Å². The highest BCUT2D eigenvalue weighted by molar-refractivity contribution is 5.95. The molecule has 0 aliphatic rings. The van der Waals surface area contributed by atoms with Gasteiger partial charge in [-0.3, -0.25) is 9.59 Å². The van der Waals surface area contributed by atoms with Crippen molar-refractivity contribution >= 4 is 11.9 Å². The summed E-state index contributed by atoms with van der Waals surface area (Å²) >= 11 is 0. The maximum absolute atomic E-state index is 12.3. The zero-order valence-electron chi connectivity index (χ0n) is 13.7. The van der Waals surface area contributed by atoms with E-state index in [0.717, 1.165) is 0 Å². The molecular weight excluding hydrogens is 314 g/mol.